The van der Waals surface area contributed by atoms with Gasteiger partial charge in [-0.3, -0.25) is 0 Å². The van der Waals surface area contributed by atoms with Crippen LogP contribution in [-0.4, -0.2) is 12.0 Å². The van der Waals surface area contributed by atoms with Gasteiger partial charge in [0.2, 0.25) is 0 Å². The third-order valence-electron chi connectivity index (χ3n) is 2.76. The van der Waals surface area contributed by atoms with E-state index < -0.39 is 0 Å². The minimum absolute atomic E-state index is 0.918. The molecule has 96 valence electrons. The number of rotatable bonds is 5. The highest BCUT2D eigenvalue weighted by Gasteiger charge is 2.09. The lowest BCUT2D eigenvalue weighted by Gasteiger charge is -1.97. The van der Waals surface area contributed by atoms with Crippen molar-refractivity contribution < 1.29 is 0 Å². The molecule has 0 amide bonds. The number of nitrogens with zero attached hydrogens (tertiary/aromatic N) is 1. The minimum atomic E-state index is 0.918. The summed E-state index contributed by atoms with van der Waals surface area (Å²) < 4.78 is 1.12. The van der Waals surface area contributed by atoms with Crippen LogP contribution in [-0.2, 0) is 19.4 Å². The van der Waals surface area contributed by atoms with E-state index in [1.165, 1.54) is 21.1 Å². The van der Waals surface area contributed by atoms with E-state index in [1.54, 1.807) is 0 Å². The van der Waals surface area contributed by atoms with Crippen molar-refractivity contribution in [1.82, 2.24) is 10.3 Å². The van der Waals surface area contributed by atoms with Gasteiger partial charge in [0.05, 0.1) is 10.7 Å². The lowest BCUT2D eigenvalue weighted by Crippen LogP contribution is -2.05. The first-order valence-corrected chi connectivity index (χ1v) is 7.70. The van der Waals surface area contributed by atoms with E-state index >= 15 is 0 Å². The fraction of sp³-hybridized carbons (Fsp3) is 0.357. The van der Waals surface area contributed by atoms with Gasteiger partial charge in [-0.25, -0.2) is 4.98 Å². The van der Waals surface area contributed by atoms with Crippen LogP contribution in [0.1, 0.15) is 28.1 Å². The van der Waals surface area contributed by atoms with E-state index in [2.05, 4.69) is 52.4 Å². The van der Waals surface area contributed by atoms with Crippen molar-refractivity contribution in [2.75, 3.05) is 7.05 Å². The molecular weight excluding hydrogens is 308 g/mol. The molecule has 0 radical (unpaired) electrons. The van der Waals surface area contributed by atoms with Crippen LogP contribution in [0.5, 0.6) is 0 Å². The lowest BCUT2D eigenvalue weighted by atomic mass is 10.2. The Morgan fingerprint density at radius 1 is 1.28 bits per heavy atom. The smallest absolute Gasteiger partial charge is 0.0975 e. The Bertz CT molecular complexity index is 505. The number of halogens is 1. The van der Waals surface area contributed by atoms with Gasteiger partial charge in [0.25, 0.3) is 0 Å². The molecule has 2 aromatic rings. The maximum Gasteiger partial charge on any atom is 0.0975 e. The second-order valence-electron chi connectivity index (χ2n) is 4.16. The highest BCUT2D eigenvalue weighted by Crippen LogP contribution is 2.22. The summed E-state index contributed by atoms with van der Waals surface area (Å²) in [6.07, 6.45) is 1.93. The number of benzene rings is 1. The fourth-order valence-corrected chi connectivity index (χ4v) is 3.33. The molecule has 2 nitrogen and oxygen atoms in total. The molecule has 1 heterocycles. The summed E-state index contributed by atoms with van der Waals surface area (Å²) >= 11 is 5.28. The van der Waals surface area contributed by atoms with E-state index in [0.717, 1.165) is 23.9 Å². The second-order valence-corrected chi connectivity index (χ2v) is 6.25. The summed E-state index contributed by atoms with van der Waals surface area (Å²) in [4.78, 5) is 6.10. The normalized spacial score (nSPS) is 10.8. The van der Waals surface area contributed by atoms with Gasteiger partial charge >= 0.3 is 0 Å². The maximum atomic E-state index is 4.73. The van der Waals surface area contributed by atoms with Crippen molar-refractivity contribution in [3.63, 3.8) is 0 Å². The molecular formula is C14H17BrN2S. The van der Waals surface area contributed by atoms with Crippen molar-refractivity contribution in [3.8, 4) is 0 Å². The van der Waals surface area contributed by atoms with Gasteiger partial charge in [-0.2, -0.15) is 0 Å². The first-order chi connectivity index (χ1) is 8.72. The highest BCUT2D eigenvalue weighted by molar-refractivity contribution is 9.10. The molecule has 0 atom stereocenters. The van der Waals surface area contributed by atoms with Crippen LogP contribution < -0.4 is 5.32 Å². The summed E-state index contributed by atoms with van der Waals surface area (Å²) in [7, 11) is 1.98. The van der Waals surface area contributed by atoms with Crippen molar-refractivity contribution >= 4 is 27.3 Å². The first kappa shape index (κ1) is 13.7. The third-order valence-corrected chi connectivity index (χ3v) is 4.39. The molecule has 0 saturated heterocycles. The third kappa shape index (κ3) is 3.40. The average Bonchev–Trinajstić information content (AvgIpc) is 2.75. The Morgan fingerprint density at radius 3 is 2.61 bits per heavy atom. The van der Waals surface area contributed by atoms with Gasteiger partial charge in [-0.15, -0.1) is 11.3 Å². The van der Waals surface area contributed by atoms with E-state index in [4.69, 9.17) is 4.98 Å². The number of hydrogen-bond acceptors (Lipinski definition) is 3. The van der Waals surface area contributed by atoms with Crippen molar-refractivity contribution in [2.24, 2.45) is 0 Å². The number of aryl methyl sites for hydroxylation is 1. The number of thiazole rings is 1. The van der Waals surface area contributed by atoms with Crippen LogP contribution in [0, 0.1) is 0 Å². The SMILES string of the molecule is CCc1nc(Cc2ccc(Br)cc2)sc1CNC. The zero-order valence-electron chi connectivity index (χ0n) is 10.7. The number of nitrogens with one attached hydrogen (secondary N) is 1. The summed E-state index contributed by atoms with van der Waals surface area (Å²) in [5.41, 5.74) is 2.55. The minimum Gasteiger partial charge on any atom is -0.315 e. The van der Waals surface area contributed by atoms with E-state index in [9.17, 15) is 0 Å². The molecule has 4 heteroatoms. The number of aromatic nitrogens is 1. The summed E-state index contributed by atoms with van der Waals surface area (Å²) in [6.45, 7) is 3.08. The summed E-state index contributed by atoms with van der Waals surface area (Å²) in [5, 5.41) is 4.42. The Morgan fingerprint density at radius 2 is 2.00 bits per heavy atom. The molecule has 0 fully saturated rings. The zero-order chi connectivity index (χ0) is 13.0. The molecule has 1 aromatic carbocycles. The molecule has 2 rings (SSSR count). The molecule has 0 unspecified atom stereocenters. The molecule has 0 aliphatic carbocycles. The van der Waals surface area contributed by atoms with E-state index in [0.29, 0.717) is 0 Å². The van der Waals surface area contributed by atoms with Crippen LogP contribution in [0.2, 0.25) is 0 Å². The Kier molecular flexibility index (Phi) is 4.92. The fourth-order valence-electron chi connectivity index (χ4n) is 1.86. The summed E-state index contributed by atoms with van der Waals surface area (Å²) in [6, 6.07) is 8.46. The standard InChI is InChI=1S/C14H17BrN2S/c1-3-12-13(9-16-2)18-14(17-12)8-10-4-6-11(15)7-5-10/h4-7,16H,3,8-9H2,1-2H3. The molecule has 0 bridgehead atoms. The van der Waals surface area contributed by atoms with Gasteiger partial charge < -0.3 is 5.32 Å². The molecule has 18 heavy (non-hydrogen) atoms. The largest absolute Gasteiger partial charge is 0.315 e. The van der Waals surface area contributed by atoms with E-state index in [-0.39, 0.29) is 0 Å². The molecule has 0 spiro atoms. The van der Waals surface area contributed by atoms with Gasteiger partial charge in [-0.1, -0.05) is 35.0 Å². The van der Waals surface area contributed by atoms with Crippen LogP contribution in [0.3, 0.4) is 0 Å². The Labute approximate surface area is 121 Å². The molecule has 0 aliphatic rings. The monoisotopic (exact) mass is 324 g/mol. The van der Waals surface area contributed by atoms with Crippen molar-refractivity contribution in [3.05, 3.63) is 49.9 Å². The van der Waals surface area contributed by atoms with E-state index in [1.807, 2.05) is 18.4 Å². The second kappa shape index (κ2) is 6.45. The quantitative estimate of drug-likeness (QED) is 0.905. The molecule has 0 saturated carbocycles. The highest BCUT2D eigenvalue weighted by atomic mass is 79.9. The van der Waals surface area contributed by atoms with Gasteiger partial charge in [0, 0.05) is 22.3 Å². The molecule has 1 aromatic heterocycles. The first-order valence-electron chi connectivity index (χ1n) is 6.09. The average molecular weight is 325 g/mol. The van der Waals surface area contributed by atoms with Crippen LogP contribution in [0.25, 0.3) is 0 Å². The van der Waals surface area contributed by atoms with Crippen molar-refractivity contribution in [2.45, 2.75) is 26.3 Å². The van der Waals surface area contributed by atoms with Crippen LogP contribution in [0.15, 0.2) is 28.7 Å². The Hall–Kier alpha value is -0.710. The van der Waals surface area contributed by atoms with Gasteiger partial charge in [0.1, 0.15) is 0 Å². The zero-order valence-corrected chi connectivity index (χ0v) is 13.1. The van der Waals surface area contributed by atoms with Crippen LogP contribution >= 0.6 is 27.3 Å². The molecule has 1 N–H and O–H groups in total. The number of hydrogen-bond donors (Lipinski definition) is 1. The molecule has 0 aliphatic heterocycles. The van der Waals surface area contributed by atoms with Crippen molar-refractivity contribution in [1.29, 1.82) is 0 Å². The summed E-state index contributed by atoms with van der Waals surface area (Å²) in [5.74, 6) is 0. The van der Waals surface area contributed by atoms with Gasteiger partial charge in [0.15, 0.2) is 0 Å². The lowest BCUT2D eigenvalue weighted by molar-refractivity contribution is 0.813. The Balaban J connectivity index is 2.16. The topological polar surface area (TPSA) is 24.9 Å². The predicted octanol–water partition coefficient (Wildman–Crippen LogP) is 3.78. The van der Waals surface area contributed by atoms with Gasteiger partial charge in [-0.05, 0) is 31.2 Å². The predicted molar refractivity (Wildman–Crippen MR) is 81.2 cm³/mol. The van der Waals surface area contributed by atoms with Crippen LogP contribution in [0.4, 0.5) is 0 Å². The maximum absolute atomic E-state index is 4.73.